The maximum atomic E-state index is 11.1. The number of hydrogen-bond acceptors (Lipinski definition) is 4. The van der Waals surface area contributed by atoms with Gasteiger partial charge in [-0.1, -0.05) is 6.92 Å². The van der Waals surface area contributed by atoms with Crippen molar-refractivity contribution < 1.29 is 14.6 Å². The number of carboxylic acid groups (broad SMARTS) is 1. The maximum Gasteiger partial charge on any atom is 0.307 e. The van der Waals surface area contributed by atoms with Crippen molar-refractivity contribution in [3.8, 4) is 5.75 Å². The standard InChI is InChI=1S/C15H21NO3S/c1-4-9-6-14(20-3)11(7-13(9)19-2)12-5-10(8-16-12)15(17)18/h6-7,10,12,16H,4-5,8H2,1-3H3,(H,17,18). The largest absolute Gasteiger partial charge is 0.496 e. The molecule has 1 heterocycles. The van der Waals surface area contributed by atoms with Crippen molar-refractivity contribution in [1.82, 2.24) is 5.32 Å². The van der Waals surface area contributed by atoms with Crippen LogP contribution in [0, 0.1) is 5.92 Å². The van der Waals surface area contributed by atoms with Crippen LogP contribution in [0.25, 0.3) is 0 Å². The summed E-state index contributed by atoms with van der Waals surface area (Å²) in [5.41, 5.74) is 2.34. The minimum absolute atomic E-state index is 0.0957. The molecule has 20 heavy (non-hydrogen) atoms. The second-order valence-corrected chi connectivity index (χ2v) is 5.84. The Morgan fingerprint density at radius 3 is 2.80 bits per heavy atom. The van der Waals surface area contributed by atoms with Crippen LogP contribution in [0.3, 0.4) is 0 Å². The summed E-state index contributed by atoms with van der Waals surface area (Å²) in [6.07, 6.45) is 3.61. The number of carboxylic acids is 1. The fourth-order valence-corrected chi connectivity index (χ4v) is 3.39. The molecule has 2 unspecified atom stereocenters. The van der Waals surface area contributed by atoms with E-state index in [1.165, 1.54) is 10.5 Å². The summed E-state index contributed by atoms with van der Waals surface area (Å²) < 4.78 is 5.46. The van der Waals surface area contributed by atoms with Crippen LogP contribution >= 0.6 is 11.8 Å². The molecule has 2 rings (SSSR count). The first kappa shape index (κ1) is 15.2. The fourth-order valence-electron chi connectivity index (χ4n) is 2.69. The third-order valence-corrected chi connectivity index (χ3v) is 4.66. The van der Waals surface area contributed by atoms with Crippen LogP contribution in [0.5, 0.6) is 5.75 Å². The highest BCUT2D eigenvalue weighted by molar-refractivity contribution is 7.98. The first-order valence-electron chi connectivity index (χ1n) is 6.81. The van der Waals surface area contributed by atoms with Gasteiger partial charge in [0.05, 0.1) is 13.0 Å². The molecule has 1 aromatic carbocycles. The molecule has 1 aliphatic heterocycles. The van der Waals surface area contributed by atoms with Crippen LogP contribution in [-0.4, -0.2) is 31.0 Å². The van der Waals surface area contributed by atoms with E-state index in [0.717, 1.165) is 17.7 Å². The molecule has 0 amide bonds. The molecule has 0 spiro atoms. The van der Waals surface area contributed by atoms with Crippen LogP contribution in [-0.2, 0) is 11.2 Å². The van der Waals surface area contributed by atoms with Gasteiger partial charge in [0, 0.05) is 17.5 Å². The lowest BCUT2D eigenvalue weighted by Gasteiger charge is -2.18. The third-order valence-electron chi connectivity index (χ3n) is 3.87. The summed E-state index contributed by atoms with van der Waals surface area (Å²) in [5.74, 6) is -0.129. The monoisotopic (exact) mass is 295 g/mol. The lowest BCUT2D eigenvalue weighted by molar-refractivity contribution is -0.141. The molecule has 0 bridgehead atoms. The van der Waals surface area contributed by atoms with E-state index in [4.69, 9.17) is 9.84 Å². The predicted molar refractivity (Wildman–Crippen MR) is 80.6 cm³/mol. The molecule has 110 valence electrons. The van der Waals surface area contributed by atoms with E-state index < -0.39 is 5.97 Å². The Labute approximate surface area is 123 Å². The summed E-state index contributed by atoms with van der Waals surface area (Å²) in [7, 11) is 1.68. The van der Waals surface area contributed by atoms with Gasteiger partial charge in [0.1, 0.15) is 5.75 Å². The summed E-state index contributed by atoms with van der Waals surface area (Å²) in [5, 5.41) is 12.4. The molecule has 1 saturated heterocycles. The number of carbonyl (C=O) groups is 1. The van der Waals surface area contributed by atoms with Crippen LogP contribution in [0.4, 0.5) is 0 Å². The Morgan fingerprint density at radius 2 is 2.30 bits per heavy atom. The molecule has 5 heteroatoms. The number of ether oxygens (including phenoxy) is 1. The molecule has 2 N–H and O–H groups in total. The van der Waals surface area contributed by atoms with Crippen molar-refractivity contribution in [3.63, 3.8) is 0 Å². The van der Waals surface area contributed by atoms with Crippen molar-refractivity contribution in [2.45, 2.75) is 30.7 Å². The normalized spacial score (nSPS) is 21.9. The molecule has 4 nitrogen and oxygen atoms in total. The maximum absolute atomic E-state index is 11.1. The van der Waals surface area contributed by atoms with E-state index in [-0.39, 0.29) is 12.0 Å². The number of nitrogens with one attached hydrogen (secondary N) is 1. The number of rotatable bonds is 5. The van der Waals surface area contributed by atoms with Crippen LogP contribution in [0.15, 0.2) is 17.0 Å². The Hall–Kier alpha value is -1.20. The van der Waals surface area contributed by atoms with Gasteiger partial charge in [-0.2, -0.15) is 0 Å². The van der Waals surface area contributed by atoms with Gasteiger partial charge >= 0.3 is 5.97 Å². The molecular formula is C15H21NO3S. The molecule has 0 radical (unpaired) electrons. The first-order valence-corrected chi connectivity index (χ1v) is 8.04. The second kappa shape index (κ2) is 6.50. The number of hydrogen-bond donors (Lipinski definition) is 2. The summed E-state index contributed by atoms with van der Waals surface area (Å²) in [6.45, 7) is 2.64. The molecule has 0 aliphatic carbocycles. The summed E-state index contributed by atoms with van der Waals surface area (Å²) in [4.78, 5) is 12.3. The molecule has 2 atom stereocenters. The van der Waals surface area contributed by atoms with Gasteiger partial charge in [-0.05, 0) is 42.4 Å². The lowest BCUT2D eigenvalue weighted by Crippen LogP contribution is -2.17. The highest BCUT2D eigenvalue weighted by Gasteiger charge is 2.31. The SMILES string of the molecule is CCc1cc(SC)c(C2CC(C(=O)O)CN2)cc1OC. The number of thioether (sulfide) groups is 1. The van der Waals surface area contributed by atoms with Crippen molar-refractivity contribution >= 4 is 17.7 Å². The molecule has 0 saturated carbocycles. The van der Waals surface area contributed by atoms with Crippen LogP contribution in [0.2, 0.25) is 0 Å². The van der Waals surface area contributed by atoms with E-state index in [1.54, 1.807) is 18.9 Å². The van der Waals surface area contributed by atoms with Crippen molar-refractivity contribution in [2.24, 2.45) is 5.92 Å². The average Bonchev–Trinajstić information content (AvgIpc) is 2.95. The number of methoxy groups -OCH3 is 1. The quantitative estimate of drug-likeness (QED) is 0.818. The Bertz CT molecular complexity index is 504. The van der Waals surface area contributed by atoms with Gasteiger partial charge in [0.25, 0.3) is 0 Å². The van der Waals surface area contributed by atoms with E-state index in [2.05, 4.69) is 24.4 Å². The first-order chi connectivity index (χ1) is 9.60. The van der Waals surface area contributed by atoms with E-state index in [9.17, 15) is 4.79 Å². The van der Waals surface area contributed by atoms with Crippen LogP contribution in [0.1, 0.15) is 30.5 Å². The molecule has 1 aliphatic rings. The Kier molecular flexibility index (Phi) is 4.94. The Balaban J connectivity index is 2.33. The van der Waals surface area contributed by atoms with Gasteiger partial charge in [0.15, 0.2) is 0 Å². The summed E-state index contributed by atoms with van der Waals surface area (Å²) >= 11 is 1.70. The van der Waals surface area contributed by atoms with Crippen molar-refractivity contribution in [2.75, 3.05) is 19.9 Å². The van der Waals surface area contributed by atoms with Crippen molar-refractivity contribution in [3.05, 3.63) is 23.3 Å². The van der Waals surface area contributed by atoms with Gasteiger partial charge in [-0.15, -0.1) is 11.8 Å². The van der Waals surface area contributed by atoms with Gasteiger partial charge in [0.2, 0.25) is 0 Å². The number of aliphatic carboxylic acids is 1. The topological polar surface area (TPSA) is 58.6 Å². The third kappa shape index (κ3) is 2.94. The number of benzene rings is 1. The van der Waals surface area contributed by atoms with Gasteiger partial charge in [-0.25, -0.2) is 0 Å². The smallest absolute Gasteiger partial charge is 0.307 e. The Morgan fingerprint density at radius 1 is 1.55 bits per heavy atom. The fraction of sp³-hybridized carbons (Fsp3) is 0.533. The number of aryl methyl sites for hydroxylation is 1. The minimum atomic E-state index is -0.720. The zero-order valence-electron chi connectivity index (χ0n) is 12.1. The molecule has 0 aromatic heterocycles. The van der Waals surface area contributed by atoms with Gasteiger partial charge in [-0.3, -0.25) is 4.79 Å². The van der Waals surface area contributed by atoms with E-state index in [0.29, 0.717) is 13.0 Å². The van der Waals surface area contributed by atoms with E-state index >= 15 is 0 Å². The van der Waals surface area contributed by atoms with Gasteiger partial charge < -0.3 is 15.2 Å². The summed E-state index contributed by atoms with van der Waals surface area (Å²) in [6, 6.07) is 4.32. The van der Waals surface area contributed by atoms with Crippen molar-refractivity contribution in [1.29, 1.82) is 0 Å². The molecular weight excluding hydrogens is 274 g/mol. The second-order valence-electron chi connectivity index (χ2n) is 4.99. The average molecular weight is 295 g/mol. The van der Waals surface area contributed by atoms with E-state index in [1.807, 2.05) is 6.26 Å². The zero-order valence-corrected chi connectivity index (χ0v) is 12.9. The molecule has 1 fully saturated rings. The lowest BCUT2D eigenvalue weighted by atomic mass is 9.98. The minimum Gasteiger partial charge on any atom is -0.496 e. The zero-order chi connectivity index (χ0) is 14.7. The highest BCUT2D eigenvalue weighted by Crippen LogP contribution is 2.37. The highest BCUT2D eigenvalue weighted by atomic mass is 32.2. The predicted octanol–water partition coefficient (Wildman–Crippen LogP) is 2.71. The molecule has 1 aromatic rings. The van der Waals surface area contributed by atoms with Crippen LogP contribution < -0.4 is 10.1 Å².